The molecule has 0 N–H and O–H groups in total. The van der Waals surface area contributed by atoms with Crippen molar-refractivity contribution in [2.24, 2.45) is 7.05 Å². The van der Waals surface area contributed by atoms with Gasteiger partial charge in [-0.05, 0) is 36.2 Å². The van der Waals surface area contributed by atoms with Crippen LogP contribution in [0.3, 0.4) is 0 Å². The van der Waals surface area contributed by atoms with E-state index in [-0.39, 0.29) is 18.8 Å². The van der Waals surface area contributed by atoms with Crippen molar-refractivity contribution < 1.29 is 14.3 Å². The molecule has 0 spiro atoms. The molecule has 0 aliphatic rings. The minimum atomic E-state index is -0.394. The van der Waals surface area contributed by atoms with Gasteiger partial charge in [0.25, 0.3) is 0 Å². The summed E-state index contributed by atoms with van der Waals surface area (Å²) in [4.78, 5) is 24.5. The van der Waals surface area contributed by atoms with Crippen molar-refractivity contribution in [3.63, 3.8) is 0 Å². The molecule has 4 nitrogen and oxygen atoms in total. The van der Waals surface area contributed by atoms with Crippen LogP contribution in [0.2, 0.25) is 0 Å². The van der Waals surface area contributed by atoms with Crippen LogP contribution in [0.1, 0.15) is 27.3 Å². The minimum absolute atomic E-state index is 0.154. The first-order valence-electron chi connectivity index (χ1n) is 8.25. The Balaban J connectivity index is 1.66. The summed E-state index contributed by atoms with van der Waals surface area (Å²) in [5.41, 5.74) is 3.40. The summed E-state index contributed by atoms with van der Waals surface area (Å²) in [7, 11) is 1.91. The van der Waals surface area contributed by atoms with Gasteiger partial charge in [-0.3, -0.25) is 9.59 Å². The van der Waals surface area contributed by atoms with Gasteiger partial charge in [-0.2, -0.15) is 0 Å². The predicted octanol–water partition coefficient (Wildman–Crippen LogP) is 3.76. The molecule has 1 aromatic heterocycles. The van der Waals surface area contributed by atoms with E-state index < -0.39 is 5.97 Å². The third-order valence-corrected chi connectivity index (χ3v) is 4.65. The number of ether oxygens (including phenoxy) is 1. The van der Waals surface area contributed by atoms with E-state index in [1.54, 1.807) is 0 Å². The van der Waals surface area contributed by atoms with Crippen LogP contribution in [0.5, 0.6) is 0 Å². The van der Waals surface area contributed by atoms with E-state index in [2.05, 4.69) is 0 Å². The summed E-state index contributed by atoms with van der Waals surface area (Å²) in [5, 5.41) is 2.11. The highest BCUT2D eigenvalue weighted by Gasteiger charge is 2.16. The van der Waals surface area contributed by atoms with Gasteiger partial charge in [0.2, 0.25) is 5.78 Å². The number of carbonyl (C=O) groups is 2. The number of carbonyl (C=O) groups excluding carboxylic acids is 2. The van der Waals surface area contributed by atoms with Crippen molar-refractivity contribution in [1.29, 1.82) is 0 Å². The molecule has 0 fully saturated rings. The Kier molecular flexibility index (Phi) is 4.70. The number of aryl methyl sites for hydroxylation is 1. The highest BCUT2D eigenvalue weighted by molar-refractivity contribution is 5.99. The third-order valence-electron chi connectivity index (χ3n) is 4.65. The van der Waals surface area contributed by atoms with Crippen LogP contribution in [0.4, 0.5) is 0 Å². The zero-order valence-corrected chi connectivity index (χ0v) is 14.7. The zero-order chi connectivity index (χ0) is 18.0. The van der Waals surface area contributed by atoms with Crippen LogP contribution in [-0.4, -0.2) is 22.9 Å². The molecule has 25 heavy (non-hydrogen) atoms. The van der Waals surface area contributed by atoms with Gasteiger partial charge in [0.15, 0.2) is 6.61 Å². The Hall–Kier alpha value is -2.88. The van der Waals surface area contributed by atoms with Crippen LogP contribution in [0.15, 0.2) is 48.5 Å². The average Bonchev–Trinajstić information content (AvgIpc) is 2.87. The second-order valence-electron chi connectivity index (χ2n) is 6.24. The summed E-state index contributed by atoms with van der Waals surface area (Å²) < 4.78 is 7.17. The number of nitrogens with zero attached hydrogens (tertiary/aromatic N) is 1. The first-order chi connectivity index (χ1) is 12.0. The van der Waals surface area contributed by atoms with Gasteiger partial charge in [-0.1, -0.05) is 42.5 Å². The zero-order valence-electron chi connectivity index (χ0n) is 14.7. The number of ketones is 1. The lowest BCUT2D eigenvalue weighted by Gasteiger charge is -2.07. The topological polar surface area (TPSA) is 48.3 Å². The molecule has 1 heterocycles. The summed E-state index contributed by atoms with van der Waals surface area (Å²) in [6, 6.07) is 15.6. The summed E-state index contributed by atoms with van der Waals surface area (Å²) in [5.74, 6) is -0.567. The third kappa shape index (κ3) is 3.48. The summed E-state index contributed by atoms with van der Waals surface area (Å²) in [6.45, 7) is 3.60. The van der Waals surface area contributed by atoms with E-state index in [9.17, 15) is 9.59 Å². The number of hydrogen-bond acceptors (Lipinski definition) is 3. The number of hydrogen-bond donors (Lipinski definition) is 0. The van der Waals surface area contributed by atoms with Gasteiger partial charge < -0.3 is 9.30 Å². The first-order valence-corrected chi connectivity index (χ1v) is 8.25. The molecule has 0 saturated carbocycles. The maximum absolute atomic E-state index is 12.3. The number of fused-ring (bicyclic) bond motifs is 1. The molecule has 2 aromatic carbocycles. The largest absolute Gasteiger partial charge is 0.457 e. The quantitative estimate of drug-likeness (QED) is 0.527. The predicted molar refractivity (Wildman–Crippen MR) is 97.8 cm³/mol. The van der Waals surface area contributed by atoms with Crippen molar-refractivity contribution in [3.05, 3.63) is 71.0 Å². The fourth-order valence-corrected chi connectivity index (χ4v) is 3.01. The Labute approximate surface area is 147 Å². The minimum Gasteiger partial charge on any atom is -0.457 e. The molecular formula is C21H21NO3. The lowest BCUT2D eigenvalue weighted by molar-refractivity contribution is -0.141. The molecule has 0 bridgehead atoms. The van der Waals surface area contributed by atoms with E-state index in [0.29, 0.717) is 5.56 Å². The fraction of sp³-hybridized carbons (Fsp3) is 0.238. The first kappa shape index (κ1) is 17.0. The number of benzene rings is 2. The molecule has 0 aliphatic heterocycles. The van der Waals surface area contributed by atoms with Gasteiger partial charge in [-0.15, -0.1) is 0 Å². The van der Waals surface area contributed by atoms with Crippen molar-refractivity contribution in [1.82, 2.24) is 4.57 Å². The van der Waals surface area contributed by atoms with E-state index in [4.69, 9.17) is 4.74 Å². The molecule has 3 aromatic rings. The highest BCUT2D eigenvalue weighted by Crippen LogP contribution is 2.19. The number of aromatic nitrogens is 1. The summed E-state index contributed by atoms with van der Waals surface area (Å²) >= 11 is 0. The van der Waals surface area contributed by atoms with Crippen molar-refractivity contribution >= 4 is 22.5 Å². The molecule has 0 saturated heterocycles. The Morgan fingerprint density at radius 1 is 1.04 bits per heavy atom. The van der Waals surface area contributed by atoms with E-state index in [0.717, 1.165) is 27.7 Å². The molecular weight excluding hydrogens is 314 g/mol. The molecule has 4 heteroatoms. The standard InChI is InChI=1S/C21H21NO3/c1-14-11-19(15(2)22(14)3)20(23)13-25-21(24)12-17-9-6-8-16-7-4-5-10-18(16)17/h4-11H,12-13H2,1-3H3. The van der Waals surface area contributed by atoms with Crippen molar-refractivity contribution in [2.45, 2.75) is 20.3 Å². The fourth-order valence-electron chi connectivity index (χ4n) is 3.01. The Bertz CT molecular complexity index is 948. The SMILES string of the molecule is Cc1cc(C(=O)COC(=O)Cc2cccc3ccccc23)c(C)n1C. The van der Waals surface area contributed by atoms with Gasteiger partial charge in [0.1, 0.15) is 0 Å². The van der Waals surface area contributed by atoms with Gasteiger partial charge in [0, 0.05) is 24.0 Å². The van der Waals surface area contributed by atoms with Crippen molar-refractivity contribution in [3.8, 4) is 0 Å². The lowest BCUT2D eigenvalue weighted by Crippen LogP contribution is -2.16. The van der Waals surface area contributed by atoms with Crippen LogP contribution < -0.4 is 0 Å². The molecule has 0 unspecified atom stereocenters. The second-order valence-corrected chi connectivity index (χ2v) is 6.24. The smallest absolute Gasteiger partial charge is 0.310 e. The monoisotopic (exact) mass is 335 g/mol. The molecule has 128 valence electrons. The number of Topliss-reactive ketones (excluding diaryl/α,β-unsaturated/α-hetero) is 1. The maximum Gasteiger partial charge on any atom is 0.310 e. The van der Waals surface area contributed by atoms with Crippen LogP contribution >= 0.6 is 0 Å². The van der Waals surface area contributed by atoms with Gasteiger partial charge >= 0.3 is 5.97 Å². The Morgan fingerprint density at radius 3 is 2.48 bits per heavy atom. The van der Waals surface area contributed by atoms with Crippen LogP contribution in [0.25, 0.3) is 10.8 Å². The number of esters is 1. The van der Waals surface area contributed by atoms with Crippen LogP contribution in [-0.2, 0) is 23.0 Å². The average molecular weight is 335 g/mol. The molecule has 0 amide bonds. The highest BCUT2D eigenvalue weighted by atomic mass is 16.5. The summed E-state index contributed by atoms with van der Waals surface area (Å²) in [6.07, 6.45) is 0.154. The van der Waals surface area contributed by atoms with Gasteiger partial charge in [0.05, 0.1) is 6.42 Å². The van der Waals surface area contributed by atoms with E-state index in [1.165, 1.54) is 0 Å². The van der Waals surface area contributed by atoms with E-state index >= 15 is 0 Å². The molecule has 0 atom stereocenters. The van der Waals surface area contributed by atoms with Crippen LogP contribution in [0, 0.1) is 13.8 Å². The Morgan fingerprint density at radius 2 is 1.76 bits per heavy atom. The molecule has 0 aliphatic carbocycles. The van der Waals surface area contributed by atoms with Crippen molar-refractivity contribution in [2.75, 3.05) is 6.61 Å². The molecule has 3 rings (SSSR count). The number of rotatable bonds is 5. The van der Waals surface area contributed by atoms with E-state index in [1.807, 2.05) is 74.0 Å². The molecule has 0 radical (unpaired) electrons. The van der Waals surface area contributed by atoms with Gasteiger partial charge in [-0.25, -0.2) is 0 Å². The second kappa shape index (κ2) is 6.93. The lowest BCUT2D eigenvalue weighted by atomic mass is 10.0. The normalized spacial score (nSPS) is 10.8. The maximum atomic E-state index is 12.3.